The Morgan fingerprint density at radius 2 is 1.87 bits per heavy atom. The van der Waals surface area contributed by atoms with Crippen LogP contribution >= 0.6 is 0 Å². The van der Waals surface area contributed by atoms with Gasteiger partial charge in [-0.2, -0.15) is 0 Å². The van der Waals surface area contributed by atoms with Gasteiger partial charge in [0.05, 0.1) is 0 Å². The van der Waals surface area contributed by atoms with E-state index in [9.17, 15) is 4.79 Å². The maximum Gasteiger partial charge on any atom is 0.145 e. The smallest absolute Gasteiger partial charge is 0.145 e. The highest BCUT2D eigenvalue weighted by Gasteiger charge is 2.45. The van der Waals surface area contributed by atoms with E-state index in [-0.39, 0.29) is 5.41 Å². The lowest BCUT2D eigenvalue weighted by atomic mass is 9.64. The van der Waals surface area contributed by atoms with E-state index in [0.29, 0.717) is 17.8 Å². The van der Waals surface area contributed by atoms with E-state index in [1.165, 1.54) is 5.57 Å². The Labute approximate surface area is 93.9 Å². The molecule has 1 aliphatic carbocycles. The molecule has 15 heavy (non-hydrogen) atoms. The van der Waals surface area contributed by atoms with Crippen molar-refractivity contribution in [2.45, 2.75) is 48.0 Å². The summed E-state index contributed by atoms with van der Waals surface area (Å²) in [5, 5.41) is 0. The summed E-state index contributed by atoms with van der Waals surface area (Å²) >= 11 is 0. The first kappa shape index (κ1) is 12.5. The van der Waals surface area contributed by atoms with Crippen LogP contribution in [0, 0.1) is 23.2 Å². The molecule has 0 saturated carbocycles. The zero-order chi connectivity index (χ0) is 11.8. The molecule has 0 aromatic rings. The number of aldehydes is 1. The lowest BCUT2D eigenvalue weighted by molar-refractivity contribution is -0.105. The van der Waals surface area contributed by atoms with Crippen LogP contribution < -0.4 is 0 Å². The van der Waals surface area contributed by atoms with Gasteiger partial charge in [0, 0.05) is 0 Å². The van der Waals surface area contributed by atoms with Gasteiger partial charge in [-0.1, -0.05) is 40.2 Å². The number of carbonyl (C=O) groups excluding carboxylic acids is 1. The largest absolute Gasteiger partial charge is 0.298 e. The van der Waals surface area contributed by atoms with E-state index >= 15 is 0 Å². The molecular formula is C14H24O. The van der Waals surface area contributed by atoms with Crippen LogP contribution in [-0.4, -0.2) is 6.29 Å². The molecule has 1 unspecified atom stereocenters. The lowest BCUT2D eigenvalue weighted by Gasteiger charge is -2.40. The molecule has 0 spiro atoms. The fourth-order valence-electron chi connectivity index (χ4n) is 3.15. The van der Waals surface area contributed by atoms with Crippen LogP contribution in [0.25, 0.3) is 0 Å². The van der Waals surface area contributed by atoms with Crippen molar-refractivity contribution >= 4 is 6.29 Å². The molecule has 0 aromatic heterocycles. The Hall–Kier alpha value is -0.590. The van der Waals surface area contributed by atoms with E-state index in [1.54, 1.807) is 0 Å². The van der Waals surface area contributed by atoms with Gasteiger partial charge in [-0.3, -0.25) is 4.79 Å². The van der Waals surface area contributed by atoms with Crippen molar-refractivity contribution in [1.82, 2.24) is 0 Å². The van der Waals surface area contributed by atoms with Gasteiger partial charge in [-0.05, 0) is 42.1 Å². The van der Waals surface area contributed by atoms with Gasteiger partial charge in [0.15, 0.2) is 0 Å². The molecule has 0 aromatic carbocycles. The number of hydrogen-bond acceptors (Lipinski definition) is 1. The van der Waals surface area contributed by atoms with Crippen molar-refractivity contribution in [1.29, 1.82) is 0 Å². The molecular weight excluding hydrogens is 184 g/mol. The summed E-state index contributed by atoms with van der Waals surface area (Å²) in [5.41, 5.74) is 2.58. The molecule has 0 N–H and O–H groups in total. The first-order valence-corrected chi connectivity index (χ1v) is 6.01. The summed E-state index contributed by atoms with van der Waals surface area (Å²) in [5.74, 6) is 1.87. The molecule has 1 rings (SSSR count). The van der Waals surface area contributed by atoms with E-state index < -0.39 is 0 Å². The Kier molecular flexibility index (Phi) is 3.42. The molecule has 0 heterocycles. The quantitative estimate of drug-likeness (QED) is 0.644. The molecule has 0 aliphatic heterocycles. The molecule has 1 heteroatoms. The van der Waals surface area contributed by atoms with Crippen molar-refractivity contribution in [3.63, 3.8) is 0 Å². The van der Waals surface area contributed by atoms with Crippen molar-refractivity contribution in [3.05, 3.63) is 11.1 Å². The summed E-state index contributed by atoms with van der Waals surface area (Å²) in [6.07, 6.45) is 2.04. The third-order valence-corrected chi connectivity index (χ3v) is 4.65. The average molecular weight is 208 g/mol. The summed E-state index contributed by atoms with van der Waals surface area (Å²) in [4.78, 5) is 11.0. The molecule has 2 atom stereocenters. The topological polar surface area (TPSA) is 17.1 Å². The predicted molar refractivity (Wildman–Crippen MR) is 64.7 cm³/mol. The molecule has 0 radical (unpaired) electrons. The molecule has 86 valence electrons. The maximum absolute atomic E-state index is 11.0. The van der Waals surface area contributed by atoms with Crippen LogP contribution in [0.15, 0.2) is 11.1 Å². The highest BCUT2D eigenvalue weighted by Crippen LogP contribution is 2.53. The summed E-state index contributed by atoms with van der Waals surface area (Å²) in [7, 11) is 0. The minimum absolute atomic E-state index is 0.213. The van der Waals surface area contributed by atoms with Crippen LogP contribution in [0.5, 0.6) is 0 Å². The van der Waals surface area contributed by atoms with Crippen LogP contribution in [0.4, 0.5) is 0 Å². The molecule has 0 fully saturated rings. The van der Waals surface area contributed by atoms with Gasteiger partial charge in [-0.15, -0.1) is 0 Å². The zero-order valence-electron chi connectivity index (χ0n) is 10.9. The highest BCUT2D eigenvalue weighted by molar-refractivity contribution is 5.76. The first-order chi connectivity index (χ1) is 6.85. The number of allylic oxidation sites excluding steroid dienone is 2. The Morgan fingerprint density at radius 1 is 1.33 bits per heavy atom. The summed E-state index contributed by atoms with van der Waals surface area (Å²) < 4.78 is 0. The van der Waals surface area contributed by atoms with Gasteiger partial charge in [0.25, 0.3) is 0 Å². The fourth-order valence-corrected chi connectivity index (χ4v) is 3.15. The van der Waals surface area contributed by atoms with Crippen molar-refractivity contribution < 1.29 is 4.79 Å². The normalized spacial score (nSPS) is 31.9. The van der Waals surface area contributed by atoms with E-state index in [4.69, 9.17) is 0 Å². The van der Waals surface area contributed by atoms with Gasteiger partial charge in [-0.25, -0.2) is 0 Å². The van der Waals surface area contributed by atoms with Crippen LogP contribution in [0.1, 0.15) is 48.0 Å². The monoisotopic (exact) mass is 208 g/mol. The van der Waals surface area contributed by atoms with Crippen LogP contribution in [0.2, 0.25) is 0 Å². The second-order valence-electron chi connectivity index (χ2n) is 5.76. The maximum atomic E-state index is 11.0. The molecule has 0 amide bonds. The summed E-state index contributed by atoms with van der Waals surface area (Å²) in [6, 6.07) is 0. The predicted octanol–water partition coefficient (Wildman–Crippen LogP) is 3.84. The minimum Gasteiger partial charge on any atom is -0.298 e. The van der Waals surface area contributed by atoms with Gasteiger partial charge in [0.2, 0.25) is 0 Å². The second kappa shape index (κ2) is 4.11. The summed E-state index contributed by atoms with van der Waals surface area (Å²) in [6.45, 7) is 13.6. The Morgan fingerprint density at radius 3 is 2.13 bits per heavy atom. The van der Waals surface area contributed by atoms with E-state index in [0.717, 1.165) is 18.3 Å². The molecule has 1 nitrogen and oxygen atoms in total. The van der Waals surface area contributed by atoms with Crippen LogP contribution in [-0.2, 0) is 4.79 Å². The van der Waals surface area contributed by atoms with Gasteiger partial charge >= 0.3 is 0 Å². The molecule has 0 saturated heterocycles. The van der Waals surface area contributed by atoms with E-state index in [1.807, 2.05) is 0 Å². The van der Waals surface area contributed by atoms with Crippen LogP contribution in [0.3, 0.4) is 0 Å². The molecule has 0 bridgehead atoms. The highest BCUT2D eigenvalue weighted by atomic mass is 16.1. The molecule has 1 aliphatic rings. The third kappa shape index (κ3) is 1.77. The number of carbonyl (C=O) groups is 1. The lowest BCUT2D eigenvalue weighted by Crippen LogP contribution is -2.33. The van der Waals surface area contributed by atoms with Gasteiger partial charge in [0.1, 0.15) is 6.29 Å². The third-order valence-electron chi connectivity index (χ3n) is 4.65. The number of rotatable bonds is 3. The zero-order valence-corrected chi connectivity index (χ0v) is 10.9. The average Bonchev–Trinajstić information content (AvgIpc) is 2.41. The SMILES string of the molecule is CC1=C(C=O)CC(C(C)C)[C@]1(C)C(C)C. The van der Waals surface area contributed by atoms with Crippen molar-refractivity contribution in [3.8, 4) is 0 Å². The Bertz CT molecular complexity index is 286. The Balaban J connectivity index is 3.16. The first-order valence-electron chi connectivity index (χ1n) is 6.01. The number of hydrogen-bond donors (Lipinski definition) is 0. The van der Waals surface area contributed by atoms with Crippen molar-refractivity contribution in [2.75, 3.05) is 0 Å². The standard InChI is InChI=1S/C14H24O/c1-9(2)13-7-12(8-15)11(5)14(13,6)10(3)4/h8-10,13H,7H2,1-6H3/t13?,14-/m1/s1. The van der Waals surface area contributed by atoms with E-state index in [2.05, 4.69) is 41.5 Å². The minimum atomic E-state index is 0.213. The fraction of sp³-hybridized carbons (Fsp3) is 0.786. The second-order valence-corrected chi connectivity index (χ2v) is 5.76. The van der Waals surface area contributed by atoms with Gasteiger partial charge < -0.3 is 0 Å². The van der Waals surface area contributed by atoms with Crippen molar-refractivity contribution in [2.24, 2.45) is 23.2 Å².